The fourth-order valence-corrected chi connectivity index (χ4v) is 1.73. The second-order valence-electron chi connectivity index (χ2n) is 11.4. The van der Waals surface area contributed by atoms with E-state index in [1.54, 1.807) is 0 Å². The van der Waals surface area contributed by atoms with E-state index >= 15 is 0 Å². The maximum absolute atomic E-state index is 11.1. The van der Waals surface area contributed by atoms with Crippen molar-refractivity contribution in [2.24, 2.45) is 16.2 Å². The smallest absolute Gasteiger partial charge is 0.481 e. The van der Waals surface area contributed by atoms with Crippen molar-refractivity contribution in [2.45, 2.75) is 106 Å². The highest BCUT2D eigenvalue weighted by atomic mass is 32.2. The van der Waals surface area contributed by atoms with Crippen LogP contribution >= 0.6 is 0 Å². The van der Waals surface area contributed by atoms with Crippen molar-refractivity contribution >= 4 is 28.0 Å². The summed E-state index contributed by atoms with van der Waals surface area (Å²) in [7, 11) is -4.89. The summed E-state index contributed by atoms with van der Waals surface area (Å²) in [6.45, 7) is 18.3. The summed E-state index contributed by atoms with van der Waals surface area (Å²) in [5.74, 6) is -2.11. The van der Waals surface area contributed by atoms with Crippen LogP contribution in [-0.4, -0.2) is 54.3 Å². The molecule has 13 heteroatoms. The van der Waals surface area contributed by atoms with Gasteiger partial charge in [0.2, 0.25) is 0 Å². The largest absolute Gasteiger partial charge is 0.523 e. The van der Waals surface area contributed by atoms with E-state index in [1.807, 2.05) is 62.3 Å². The number of aliphatic carboxylic acids is 3. The second kappa shape index (κ2) is 17.5. The molecule has 0 aliphatic carbocycles. The van der Waals surface area contributed by atoms with Gasteiger partial charge in [0, 0.05) is 19.3 Å². The predicted octanol–water partition coefficient (Wildman–Crippen LogP) is 6.17. The van der Waals surface area contributed by atoms with Gasteiger partial charge in [-0.3, -0.25) is 18.6 Å². The molecule has 0 aliphatic rings. The number of carboxylic acid groups (broad SMARTS) is 3. The van der Waals surface area contributed by atoms with Crippen molar-refractivity contribution in [3.05, 3.63) is 0 Å². The summed E-state index contributed by atoms with van der Waals surface area (Å²) in [6, 6.07) is 0. The highest BCUT2D eigenvalue weighted by Crippen LogP contribution is 2.23. The van der Waals surface area contributed by atoms with Gasteiger partial charge >= 0.3 is 33.5 Å². The molecule has 0 rings (SSSR count). The highest BCUT2D eigenvalue weighted by molar-refractivity contribution is 7.87. The molecule has 0 spiro atoms. The Kier molecular flexibility index (Phi) is 20.1. The minimum absolute atomic E-state index is 0.151. The van der Waals surface area contributed by atoms with Gasteiger partial charge in [-0.25, -0.2) is 0 Å². The highest BCUT2D eigenvalue weighted by Gasteiger charge is 2.46. The molecule has 0 aliphatic heterocycles. The third-order valence-electron chi connectivity index (χ3n) is 3.77. The molecule has 9 nitrogen and oxygen atoms in total. The summed E-state index contributed by atoms with van der Waals surface area (Å²) in [5.41, 5.74) is -4.85. The van der Waals surface area contributed by atoms with Crippen LogP contribution in [0.2, 0.25) is 0 Å². The van der Waals surface area contributed by atoms with E-state index < -0.39 is 33.5 Å². The number of rotatable bonds is 7. The molecule has 0 bridgehead atoms. The Hall–Kier alpha value is -1.89. The fourth-order valence-electron chi connectivity index (χ4n) is 1.54. The number of alkyl halides is 3. The molecule has 0 saturated heterocycles. The zero-order valence-electron chi connectivity index (χ0n) is 23.1. The molecule has 3 N–H and O–H groups in total. The standard InChI is InChI=1S/3C7H14O2.C2H3F3O3S/c3*1-7(2,3)5-4-6(8)9;1-8-9(6,7)2(3,4)5/h3*4-5H2,1-3H3,(H,8,9);1H3. The number of carboxylic acids is 3. The monoisotopic (exact) mass is 554 g/mol. The van der Waals surface area contributed by atoms with Gasteiger partial charge in [0.15, 0.2) is 0 Å². The Labute approximate surface area is 213 Å². The van der Waals surface area contributed by atoms with E-state index in [0.717, 1.165) is 19.3 Å². The normalized spacial score (nSPS) is 12.0. The molecular formula is C23H45F3O9S. The zero-order valence-corrected chi connectivity index (χ0v) is 23.9. The molecule has 218 valence electrons. The van der Waals surface area contributed by atoms with Crippen molar-refractivity contribution in [3.63, 3.8) is 0 Å². The van der Waals surface area contributed by atoms with E-state index in [-0.39, 0.29) is 35.5 Å². The van der Waals surface area contributed by atoms with Crippen LogP contribution in [0.5, 0.6) is 0 Å². The van der Waals surface area contributed by atoms with Crippen molar-refractivity contribution in [2.75, 3.05) is 7.11 Å². The molecule has 0 saturated carbocycles. The lowest BCUT2D eigenvalue weighted by atomic mass is 9.91. The molecule has 0 unspecified atom stereocenters. The minimum atomic E-state index is -5.34. The summed E-state index contributed by atoms with van der Waals surface area (Å²) in [5, 5.41) is 24.8. The number of carbonyl (C=O) groups is 3. The average molecular weight is 555 g/mol. The molecule has 0 aromatic heterocycles. The zero-order chi connectivity index (χ0) is 30.2. The van der Waals surface area contributed by atoms with Gasteiger partial charge in [0.25, 0.3) is 0 Å². The third kappa shape index (κ3) is 39.3. The van der Waals surface area contributed by atoms with Crippen LogP contribution in [0.3, 0.4) is 0 Å². The Morgan fingerprint density at radius 3 is 0.833 bits per heavy atom. The SMILES string of the molecule is CC(C)(C)CCC(=O)O.CC(C)(C)CCC(=O)O.CC(C)(C)CCC(=O)O.COS(=O)(=O)C(F)(F)F. The van der Waals surface area contributed by atoms with Crippen LogP contribution in [-0.2, 0) is 28.7 Å². The maximum atomic E-state index is 11.1. The second-order valence-corrected chi connectivity index (χ2v) is 13.1. The first kappa shape index (κ1) is 41.2. The maximum Gasteiger partial charge on any atom is 0.523 e. The molecule has 0 amide bonds. The molecule has 0 aromatic rings. The van der Waals surface area contributed by atoms with Crippen molar-refractivity contribution < 1.29 is 55.5 Å². The summed E-state index contributed by atoms with van der Waals surface area (Å²) in [4.78, 5) is 30.1. The van der Waals surface area contributed by atoms with Gasteiger partial charge in [-0.15, -0.1) is 0 Å². The molecular weight excluding hydrogens is 509 g/mol. The Morgan fingerprint density at radius 1 is 0.611 bits per heavy atom. The van der Waals surface area contributed by atoms with E-state index in [0.29, 0.717) is 7.11 Å². The van der Waals surface area contributed by atoms with E-state index in [9.17, 15) is 36.0 Å². The van der Waals surface area contributed by atoms with Crippen LogP contribution in [0.25, 0.3) is 0 Å². The van der Waals surface area contributed by atoms with Gasteiger partial charge in [0.05, 0.1) is 7.11 Å². The topological polar surface area (TPSA) is 155 Å². The molecule has 0 heterocycles. The Balaban J connectivity index is -0.000000190. The number of hydrogen-bond acceptors (Lipinski definition) is 6. The van der Waals surface area contributed by atoms with Gasteiger partial charge in [-0.1, -0.05) is 62.3 Å². The van der Waals surface area contributed by atoms with E-state index in [1.165, 1.54) is 0 Å². The van der Waals surface area contributed by atoms with Crippen LogP contribution in [0.15, 0.2) is 0 Å². The first-order valence-electron chi connectivity index (χ1n) is 11.1. The van der Waals surface area contributed by atoms with Crippen LogP contribution in [0.4, 0.5) is 13.2 Å². The third-order valence-corrected chi connectivity index (χ3v) is 4.78. The molecule has 0 fully saturated rings. The number of halogens is 3. The lowest BCUT2D eigenvalue weighted by Gasteiger charge is -2.15. The molecule has 0 radical (unpaired) electrons. The molecule has 36 heavy (non-hydrogen) atoms. The van der Waals surface area contributed by atoms with Crippen molar-refractivity contribution in [1.82, 2.24) is 0 Å². The number of hydrogen-bond donors (Lipinski definition) is 3. The van der Waals surface area contributed by atoms with Gasteiger partial charge in [-0.2, -0.15) is 21.6 Å². The van der Waals surface area contributed by atoms with Crippen LogP contribution < -0.4 is 0 Å². The molecule has 0 atom stereocenters. The lowest BCUT2D eigenvalue weighted by molar-refractivity contribution is -0.138. The summed E-state index contributed by atoms with van der Waals surface area (Å²) >= 11 is 0. The van der Waals surface area contributed by atoms with Gasteiger partial charge in [-0.05, 0) is 35.5 Å². The quantitative estimate of drug-likeness (QED) is 0.247. The van der Waals surface area contributed by atoms with Gasteiger partial charge < -0.3 is 15.3 Å². The average Bonchev–Trinajstić information content (AvgIpc) is 2.62. The predicted molar refractivity (Wildman–Crippen MR) is 131 cm³/mol. The summed E-state index contributed by atoms with van der Waals surface area (Å²) in [6.07, 6.45) is 3.10. The first-order valence-corrected chi connectivity index (χ1v) is 12.5. The minimum Gasteiger partial charge on any atom is -0.481 e. The van der Waals surface area contributed by atoms with E-state index in [2.05, 4.69) is 4.18 Å². The van der Waals surface area contributed by atoms with Crippen LogP contribution in [0.1, 0.15) is 101 Å². The fraction of sp³-hybridized carbons (Fsp3) is 0.870. The Bertz CT molecular complexity index is 674. The Morgan fingerprint density at radius 2 is 0.806 bits per heavy atom. The van der Waals surface area contributed by atoms with Crippen molar-refractivity contribution in [3.8, 4) is 0 Å². The first-order chi connectivity index (χ1) is 15.6. The molecule has 0 aromatic carbocycles. The van der Waals surface area contributed by atoms with Gasteiger partial charge in [0.1, 0.15) is 0 Å². The van der Waals surface area contributed by atoms with Crippen molar-refractivity contribution in [1.29, 1.82) is 0 Å². The lowest BCUT2D eigenvalue weighted by Crippen LogP contribution is -2.23. The van der Waals surface area contributed by atoms with E-state index in [4.69, 9.17) is 15.3 Å². The van der Waals surface area contributed by atoms with Crippen LogP contribution in [0, 0.1) is 16.2 Å². The summed E-state index contributed by atoms with van der Waals surface area (Å²) < 4.78 is 55.9.